The van der Waals surface area contributed by atoms with Gasteiger partial charge in [0, 0.05) is 6.61 Å². The largest absolute Gasteiger partial charge is 1.00 e. The molecule has 0 N–H and O–H groups in total. The number of carbonyl (C=O) groups excluding carboxylic acids is 5. The smallest absolute Gasteiger partial charge is 0.534 e. The SMILES string of the molecule is C.C.CCC(C)C(=O)OCCN=C=O.CCC(C)c1ccc(C(=O)[N-]S(=O)(=O)C(F)(F)F)cc1.CCCC[Si](C)(C)O[Si](C)(C)CCCOC(=O)C(C)(C)CC.CCOCCOCCOC(=O)C(C)CC.[K+]. The molecule has 0 radical (unpaired) electrons. The Morgan fingerprint density at radius 1 is 0.708 bits per heavy atom. The van der Waals surface area contributed by atoms with E-state index in [9.17, 15) is 45.6 Å². The first kappa shape index (κ1) is 81.5. The van der Waals surface area contributed by atoms with Crippen LogP contribution in [0.1, 0.15) is 158 Å². The number of benzene rings is 1. The molecule has 1 aromatic rings. The van der Waals surface area contributed by atoms with Gasteiger partial charge in [-0.3, -0.25) is 14.4 Å². The molecule has 15 nitrogen and oxygen atoms in total. The number of unbranched alkanes of at least 4 members (excludes halogenated alkanes) is 1. The summed E-state index contributed by atoms with van der Waals surface area (Å²) in [6.07, 6.45) is 8.04. The first-order chi connectivity index (χ1) is 32.0. The van der Waals surface area contributed by atoms with Crippen LogP contribution >= 0.6 is 0 Å². The van der Waals surface area contributed by atoms with E-state index in [2.05, 4.69) is 42.8 Å². The molecule has 72 heavy (non-hydrogen) atoms. The number of nitrogens with zero attached hydrogens (tertiary/aromatic N) is 2. The fraction of sp³-hybridized carbons (Fsp3) is 0.780. The van der Waals surface area contributed by atoms with Crippen LogP contribution < -0.4 is 51.4 Å². The number of sulfonamides is 1. The maximum absolute atomic E-state index is 12.1. The standard InChI is InChI=1S/C17H38O3Si2.C12H14F3NO3S.C11H22O4.C8H13NO3.2CH4.K/c1-9-11-14-21(5,6)20-22(7,8)15-12-13-19-16(18)17(3,4)10-2;1-3-8(2)9-4-6-10(7-5-9)11(17)16-20(18,19)12(13,14)15;1-4-10(3)11(12)15-9-8-14-7-6-13-5-2;1-3-7(2)8(11)12-5-4-9-6-10;;;/h9-15H2,1-8H3;4-8H,3H2,1-2H3,(H,16,17);10H,4-9H2,1-3H3;7H,3-5H2,1-2H3;2*1H4;/q;;;;;;+1/p-1. The number of hydrogen-bond acceptors (Lipinski definition) is 14. The van der Waals surface area contributed by atoms with Gasteiger partial charge in [-0.15, -0.1) is 0 Å². The predicted octanol–water partition coefficient (Wildman–Crippen LogP) is 9.96. The third kappa shape index (κ3) is 40.5. The Balaban J connectivity index is -0.000000204. The van der Waals surface area contributed by atoms with Gasteiger partial charge >= 0.3 is 74.8 Å². The summed E-state index contributed by atoms with van der Waals surface area (Å²) < 4.78 is 92.1. The summed E-state index contributed by atoms with van der Waals surface area (Å²) in [5, 5.41) is 0. The number of isocyanates is 1. The van der Waals surface area contributed by atoms with Crippen LogP contribution in [0.3, 0.4) is 0 Å². The van der Waals surface area contributed by atoms with Crippen molar-refractivity contribution in [3.8, 4) is 0 Å². The van der Waals surface area contributed by atoms with E-state index in [1.54, 1.807) is 19.1 Å². The number of rotatable bonds is 29. The van der Waals surface area contributed by atoms with Gasteiger partial charge in [0.1, 0.15) is 13.2 Å². The maximum atomic E-state index is 12.1. The van der Waals surface area contributed by atoms with Gasteiger partial charge in [-0.2, -0.15) is 13.2 Å². The molecule has 22 heteroatoms. The van der Waals surface area contributed by atoms with Crippen LogP contribution in [-0.4, -0.2) is 113 Å². The second-order valence-corrected chi connectivity index (χ2v) is 28.6. The Morgan fingerprint density at radius 3 is 1.61 bits per heavy atom. The first-order valence-electron chi connectivity index (χ1n) is 24.1. The number of hydrogen-bond donors (Lipinski definition) is 0. The van der Waals surface area contributed by atoms with Gasteiger partial charge in [-0.05, 0) is 108 Å². The number of esters is 3. The van der Waals surface area contributed by atoms with Crippen molar-refractivity contribution < 1.29 is 125 Å². The van der Waals surface area contributed by atoms with E-state index in [1.807, 2.05) is 62.3 Å². The van der Waals surface area contributed by atoms with Crippen LogP contribution in [0.5, 0.6) is 0 Å². The molecule has 418 valence electrons. The van der Waals surface area contributed by atoms with Crippen LogP contribution in [0.4, 0.5) is 13.2 Å². The summed E-state index contributed by atoms with van der Waals surface area (Å²) in [6.45, 7) is 34.3. The van der Waals surface area contributed by atoms with E-state index in [-0.39, 0.29) is 126 Å². The summed E-state index contributed by atoms with van der Waals surface area (Å²) in [4.78, 5) is 58.4. The maximum Gasteiger partial charge on any atom is 1.00 e. The van der Waals surface area contributed by atoms with Gasteiger partial charge < -0.3 is 37.3 Å². The van der Waals surface area contributed by atoms with Crippen LogP contribution in [0.15, 0.2) is 29.3 Å². The molecule has 3 atom stereocenters. The molecule has 1 aromatic carbocycles. The fourth-order valence-electron chi connectivity index (χ4n) is 5.28. The van der Waals surface area contributed by atoms with Crippen molar-refractivity contribution >= 4 is 56.6 Å². The summed E-state index contributed by atoms with van der Waals surface area (Å²) in [5.74, 6) is -1.76. The van der Waals surface area contributed by atoms with Crippen LogP contribution in [0.2, 0.25) is 38.3 Å². The summed E-state index contributed by atoms with van der Waals surface area (Å²) in [5.41, 5.74) is -5.23. The molecule has 0 aromatic heterocycles. The van der Waals surface area contributed by atoms with Gasteiger partial charge in [0.15, 0.2) is 26.7 Å². The molecule has 0 heterocycles. The normalized spacial score (nSPS) is 12.4. The Labute approximate surface area is 478 Å². The van der Waals surface area contributed by atoms with E-state index >= 15 is 0 Å². The summed E-state index contributed by atoms with van der Waals surface area (Å²) in [7, 11) is -8.97. The number of aliphatic imine (C=N–C) groups is 1. The van der Waals surface area contributed by atoms with E-state index in [1.165, 1.54) is 37.1 Å². The fourth-order valence-corrected chi connectivity index (χ4v) is 14.7. The minimum atomic E-state index is -5.80. The quantitative estimate of drug-likeness (QED) is 0.0183. The summed E-state index contributed by atoms with van der Waals surface area (Å²) in [6, 6.07) is 7.97. The van der Waals surface area contributed by atoms with Gasteiger partial charge in [-0.1, -0.05) is 107 Å². The van der Waals surface area contributed by atoms with Crippen molar-refractivity contribution in [3.05, 3.63) is 40.1 Å². The average molecular weight is 1120 g/mol. The first-order valence-corrected chi connectivity index (χ1v) is 31.7. The number of carbonyl (C=O) groups is 4. The van der Waals surface area contributed by atoms with Crippen molar-refractivity contribution in [2.45, 2.75) is 186 Å². The van der Waals surface area contributed by atoms with Crippen molar-refractivity contribution in [2.75, 3.05) is 52.8 Å². The molecule has 0 saturated carbocycles. The molecule has 1 amide bonds. The Morgan fingerprint density at radius 2 is 1.18 bits per heavy atom. The van der Waals surface area contributed by atoms with Gasteiger partial charge in [0.25, 0.3) is 0 Å². The molecule has 0 aliphatic rings. The van der Waals surface area contributed by atoms with Crippen molar-refractivity contribution in [1.82, 2.24) is 0 Å². The second kappa shape index (κ2) is 44.3. The van der Waals surface area contributed by atoms with Crippen molar-refractivity contribution in [3.63, 3.8) is 0 Å². The molecule has 3 unspecified atom stereocenters. The van der Waals surface area contributed by atoms with Crippen molar-refractivity contribution in [2.24, 2.45) is 22.2 Å². The molecule has 0 bridgehead atoms. The molecule has 0 saturated heterocycles. The molecule has 0 aliphatic heterocycles. The third-order valence-corrected chi connectivity index (χ3v) is 19.2. The van der Waals surface area contributed by atoms with E-state index in [0.29, 0.717) is 39.6 Å². The molecular formula is C50H94F3KN2O13SSi2. The van der Waals surface area contributed by atoms with E-state index in [0.717, 1.165) is 43.7 Å². The summed E-state index contributed by atoms with van der Waals surface area (Å²) >= 11 is 0. The molecular weight excluding hydrogens is 1020 g/mol. The zero-order chi connectivity index (χ0) is 53.9. The van der Waals surface area contributed by atoms with Crippen molar-refractivity contribution in [1.29, 1.82) is 0 Å². The third-order valence-electron chi connectivity index (χ3n) is 10.7. The van der Waals surface area contributed by atoms with Crippen LogP contribution in [0, 0.1) is 17.3 Å². The molecule has 0 spiro atoms. The second-order valence-electron chi connectivity index (χ2n) is 18.2. The van der Waals surface area contributed by atoms with E-state index in [4.69, 9.17) is 27.8 Å². The topological polar surface area (TPSA) is 201 Å². The van der Waals surface area contributed by atoms with Crippen LogP contribution in [0.25, 0.3) is 4.72 Å². The number of ether oxygens (including phenoxy) is 5. The predicted molar refractivity (Wildman–Crippen MR) is 283 cm³/mol. The van der Waals surface area contributed by atoms with Gasteiger partial charge in [-0.25, -0.2) is 18.2 Å². The van der Waals surface area contributed by atoms with Gasteiger partial charge in [0.05, 0.1) is 56.1 Å². The average Bonchev–Trinajstić information content (AvgIpc) is 3.29. The zero-order valence-electron chi connectivity index (χ0n) is 45.3. The Kier molecular flexibility index (Phi) is 50.2. The molecule has 0 fully saturated rings. The number of halogens is 3. The van der Waals surface area contributed by atoms with Crippen LogP contribution in [-0.2, 0) is 57.0 Å². The minimum Gasteiger partial charge on any atom is -0.534 e. The number of alkyl halides is 3. The molecule has 0 aliphatic carbocycles. The van der Waals surface area contributed by atoms with E-state index < -0.39 is 38.1 Å². The number of amides is 1. The monoisotopic (exact) mass is 1110 g/mol. The zero-order valence-corrected chi connectivity index (χ0v) is 51.2. The Hall–Kier alpha value is -1.83. The molecule has 1 rings (SSSR count). The minimum absolute atomic E-state index is 0. The van der Waals surface area contributed by atoms with Gasteiger partial charge in [0.2, 0.25) is 6.08 Å². The Bertz CT molecular complexity index is 1750.